The summed E-state index contributed by atoms with van der Waals surface area (Å²) < 4.78 is 0. The van der Waals surface area contributed by atoms with Gasteiger partial charge in [0.05, 0.1) is 6.61 Å². The number of aromatic amines is 1. The molecule has 0 amide bonds. The van der Waals surface area contributed by atoms with Crippen molar-refractivity contribution in [2.75, 3.05) is 6.61 Å². The molecule has 0 unspecified atom stereocenters. The van der Waals surface area contributed by atoms with E-state index in [9.17, 15) is 0 Å². The standard InChI is InChI=1S/C12H16N2O/c13-10(8-15)6-5-9-7-14-12-4-2-1-3-11(9)12/h1-4,7,10,14-15H,5-6,8,13H2/t10-/m1/s1. The van der Waals surface area contributed by atoms with Gasteiger partial charge in [0, 0.05) is 23.1 Å². The summed E-state index contributed by atoms with van der Waals surface area (Å²) in [7, 11) is 0. The van der Waals surface area contributed by atoms with Crippen molar-refractivity contribution in [3.63, 3.8) is 0 Å². The van der Waals surface area contributed by atoms with Crippen molar-refractivity contribution in [3.05, 3.63) is 36.0 Å². The van der Waals surface area contributed by atoms with E-state index in [1.54, 1.807) is 0 Å². The van der Waals surface area contributed by atoms with Gasteiger partial charge in [-0.2, -0.15) is 0 Å². The Bertz CT molecular complexity index is 436. The second-order valence-corrected chi connectivity index (χ2v) is 3.84. The summed E-state index contributed by atoms with van der Waals surface area (Å²) in [6.45, 7) is 0.0579. The highest BCUT2D eigenvalue weighted by molar-refractivity contribution is 5.82. The smallest absolute Gasteiger partial charge is 0.0582 e. The first-order valence-corrected chi connectivity index (χ1v) is 5.22. The minimum absolute atomic E-state index is 0.0579. The maximum atomic E-state index is 8.84. The van der Waals surface area contributed by atoms with Gasteiger partial charge in [0.2, 0.25) is 0 Å². The number of benzene rings is 1. The van der Waals surface area contributed by atoms with Crippen LogP contribution in [0.4, 0.5) is 0 Å². The van der Waals surface area contributed by atoms with E-state index in [2.05, 4.69) is 17.1 Å². The molecule has 0 fully saturated rings. The van der Waals surface area contributed by atoms with Crippen molar-refractivity contribution in [1.82, 2.24) is 4.98 Å². The minimum Gasteiger partial charge on any atom is -0.395 e. The van der Waals surface area contributed by atoms with Crippen LogP contribution in [0.3, 0.4) is 0 Å². The van der Waals surface area contributed by atoms with Gasteiger partial charge in [-0.05, 0) is 24.5 Å². The molecule has 1 atom stereocenters. The quantitative estimate of drug-likeness (QED) is 0.705. The molecule has 0 saturated carbocycles. The van der Waals surface area contributed by atoms with E-state index in [-0.39, 0.29) is 12.6 Å². The number of hydrogen-bond donors (Lipinski definition) is 3. The van der Waals surface area contributed by atoms with E-state index in [0.29, 0.717) is 0 Å². The molecule has 0 aliphatic rings. The molecule has 0 spiro atoms. The maximum Gasteiger partial charge on any atom is 0.0582 e. The van der Waals surface area contributed by atoms with Gasteiger partial charge in [-0.15, -0.1) is 0 Å². The number of aliphatic hydroxyl groups excluding tert-OH is 1. The molecule has 1 aromatic heterocycles. The normalized spacial score (nSPS) is 13.2. The van der Waals surface area contributed by atoms with Crippen molar-refractivity contribution in [2.45, 2.75) is 18.9 Å². The maximum absolute atomic E-state index is 8.84. The fraction of sp³-hybridized carbons (Fsp3) is 0.333. The molecule has 3 nitrogen and oxygen atoms in total. The molecule has 0 aliphatic heterocycles. The van der Waals surface area contributed by atoms with E-state index in [0.717, 1.165) is 18.4 Å². The van der Waals surface area contributed by atoms with Crippen molar-refractivity contribution in [1.29, 1.82) is 0 Å². The lowest BCUT2D eigenvalue weighted by molar-refractivity contribution is 0.260. The number of fused-ring (bicyclic) bond motifs is 1. The number of hydrogen-bond acceptors (Lipinski definition) is 2. The molecular weight excluding hydrogens is 188 g/mol. The molecule has 80 valence electrons. The van der Waals surface area contributed by atoms with Crippen LogP contribution < -0.4 is 5.73 Å². The van der Waals surface area contributed by atoms with E-state index < -0.39 is 0 Å². The van der Waals surface area contributed by atoms with Crippen molar-refractivity contribution in [3.8, 4) is 0 Å². The monoisotopic (exact) mass is 204 g/mol. The number of rotatable bonds is 4. The molecule has 0 bridgehead atoms. The number of aliphatic hydroxyl groups is 1. The van der Waals surface area contributed by atoms with Crippen LogP contribution in [-0.2, 0) is 6.42 Å². The summed E-state index contributed by atoms with van der Waals surface area (Å²) >= 11 is 0. The summed E-state index contributed by atoms with van der Waals surface area (Å²) in [4.78, 5) is 3.23. The highest BCUT2D eigenvalue weighted by Crippen LogP contribution is 2.19. The summed E-state index contributed by atoms with van der Waals surface area (Å²) in [5, 5.41) is 10.1. The Balaban J connectivity index is 2.14. The second-order valence-electron chi connectivity index (χ2n) is 3.84. The molecule has 3 heteroatoms. The first kappa shape index (κ1) is 10.2. The first-order valence-electron chi connectivity index (χ1n) is 5.22. The van der Waals surface area contributed by atoms with Gasteiger partial charge >= 0.3 is 0 Å². The average Bonchev–Trinajstić information content (AvgIpc) is 2.69. The Morgan fingerprint density at radius 2 is 2.13 bits per heavy atom. The van der Waals surface area contributed by atoms with Crippen molar-refractivity contribution in [2.24, 2.45) is 5.73 Å². The SMILES string of the molecule is N[C@@H](CO)CCc1c[nH]c2ccccc12. The lowest BCUT2D eigenvalue weighted by Crippen LogP contribution is -2.24. The molecule has 1 heterocycles. The molecule has 0 aliphatic carbocycles. The molecule has 0 saturated heterocycles. The van der Waals surface area contributed by atoms with Crippen molar-refractivity contribution >= 4 is 10.9 Å². The summed E-state index contributed by atoms with van der Waals surface area (Å²) in [6.07, 6.45) is 3.75. The molecule has 0 radical (unpaired) electrons. The zero-order valence-electron chi connectivity index (χ0n) is 8.61. The predicted octanol–water partition coefficient (Wildman–Crippen LogP) is 1.42. The first-order chi connectivity index (χ1) is 7.31. The third-order valence-electron chi connectivity index (χ3n) is 2.69. The van der Waals surface area contributed by atoms with E-state index in [1.807, 2.05) is 18.3 Å². The van der Waals surface area contributed by atoms with Gasteiger partial charge in [0.25, 0.3) is 0 Å². The molecule has 1 aromatic carbocycles. The summed E-state index contributed by atoms with van der Waals surface area (Å²) in [6, 6.07) is 8.10. The Kier molecular flexibility index (Phi) is 3.04. The van der Waals surface area contributed by atoms with Crippen LogP contribution in [0.2, 0.25) is 0 Å². The zero-order chi connectivity index (χ0) is 10.7. The molecule has 2 rings (SSSR count). The highest BCUT2D eigenvalue weighted by atomic mass is 16.3. The fourth-order valence-corrected chi connectivity index (χ4v) is 1.77. The van der Waals surface area contributed by atoms with E-state index >= 15 is 0 Å². The largest absolute Gasteiger partial charge is 0.395 e. The topological polar surface area (TPSA) is 62.0 Å². The van der Waals surface area contributed by atoms with Gasteiger partial charge in [-0.1, -0.05) is 18.2 Å². The lowest BCUT2D eigenvalue weighted by Gasteiger charge is -2.06. The average molecular weight is 204 g/mol. The minimum atomic E-state index is -0.112. The molecule has 2 aromatic rings. The Morgan fingerprint density at radius 3 is 2.93 bits per heavy atom. The number of aryl methyl sites for hydroxylation is 1. The van der Waals surface area contributed by atoms with Crippen LogP contribution in [0.25, 0.3) is 10.9 Å². The number of para-hydroxylation sites is 1. The van der Waals surface area contributed by atoms with Gasteiger partial charge in [0.1, 0.15) is 0 Å². The molecule has 4 N–H and O–H groups in total. The number of nitrogens with one attached hydrogen (secondary N) is 1. The van der Waals surface area contributed by atoms with E-state index in [1.165, 1.54) is 10.9 Å². The van der Waals surface area contributed by atoms with Crippen molar-refractivity contribution < 1.29 is 5.11 Å². The van der Waals surface area contributed by atoms with Crippen LogP contribution >= 0.6 is 0 Å². The second kappa shape index (κ2) is 4.47. The van der Waals surface area contributed by atoms with Gasteiger partial charge in [0.15, 0.2) is 0 Å². The predicted molar refractivity (Wildman–Crippen MR) is 61.7 cm³/mol. The Labute approximate surface area is 88.9 Å². The number of aromatic nitrogens is 1. The third kappa shape index (κ3) is 2.19. The number of H-pyrrole nitrogens is 1. The van der Waals surface area contributed by atoms with Gasteiger partial charge < -0.3 is 15.8 Å². The van der Waals surface area contributed by atoms with E-state index in [4.69, 9.17) is 10.8 Å². The van der Waals surface area contributed by atoms with Crippen LogP contribution in [0.15, 0.2) is 30.5 Å². The Morgan fingerprint density at radius 1 is 1.33 bits per heavy atom. The molecular formula is C12H16N2O. The van der Waals surface area contributed by atoms with Crippen LogP contribution in [0, 0.1) is 0 Å². The molecule has 15 heavy (non-hydrogen) atoms. The van der Waals surface area contributed by atoms with Crippen LogP contribution in [0.1, 0.15) is 12.0 Å². The van der Waals surface area contributed by atoms with Crippen LogP contribution in [0.5, 0.6) is 0 Å². The highest BCUT2D eigenvalue weighted by Gasteiger charge is 2.05. The lowest BCUT2D eigenvalue weighted by atomic mass is 10.1. The zero-order valence-corrected chi connectivity index (χ0v) is 8.61. The third-order valence-corrected chi connectivity index (χ3v) is 2.69. The van der Waals surface area contributed by atoms with Gasteiger partial charge in [-0.25, -0.2) is 0 Å². The fourth-order valence-electron chi connectivity index (χ4n) is 1.77. The van der Waals surface area contributed by atoms with Gasteiger partial charge in [-0.3, -0.25) is 0 Å². The Hall–Kier alpha value is -1.32. The summed E-state index contributed by atoms with van der Waals surface area (Å²) in [5.41, 5.74) is 8.10. The number of nitrogens with two attached hydrogens (primary N) is 1. The van der Waals surface area contributed by atoms with Crippen LogP contribution in [-0.4, -0.2) is 22.7 Å². The summed E-state index contributed by atoms with van der Waals surface area (Å²) in [5.74, 6) is 0.